The highest BCUT2D eigenvalue weighted by Crippen LogP contribution is 2.37. The van der Waals surface area contributed by atoms with Crippen LogP contribution >= 0.6 is 0 Å². The maximum atomic E-state index is 13.0. The van der Waals surface area contributed by atoms with Crippen LogP contribution < -0.4 is 5.32 Å². The molecule has 2 amide bonds. The van der Waals surface area contributed by atoms with Gasteiger partial charge in [-0.25, -0.2) is 9.18 Å². The Bertz CT molecular complexity index is 834. The smallest absolute Gasteiger partial charge is 0.475 e. The minimum Gasteiger partial charge on any atom is -0.475 e. The van der Waals surface area contributed by atoms with E-state index in [9.17, 15) is 27.2 Å². The van der Waals surface area contributed by atoms with Gasteiger partial charge >= 0.3 is 12.1 Å². The molecule has 0 aromatic carbocycles. The summed E-state index contributed by atoms with van der Waals surface area (Å²) < 4.78 is 50.7. The highest BCUT2D eigenvalue weighted by Gasteiger charge is 2.46. The molecule has 3 fully saturated rings. The Kier molecular flexibility index (Phi) is 7.88. The number of carboxylic acids is 1. The minimum absolute atomic E-state index is 0.0105. The second kappa shape index (κ2) is 10.4. The fourth-order valence-corrected chi connectivity index (χ4v) is 4.16. The molecular formula is C21H25F4N3O5. The molecule has 182 valence electrons. The number of halogens is 4. The van der Waals surface area contributed by atoms with Gasteiger partial charge in [0.05, 0.1) is 18.6 Å². The number of aromatic nitrogens is 1. The summed E-state index contributed by atoms with van der Waals surface area (Å²) in [6.45, 7) is 1.71. The van der Waals surface area contributed by atoms with Crippen molar-refractivity contribution in [1.82, 2.24) is 15.2 Å². The second-order valence-electron chi connectivity index (χ2n) is 8.45. The van der Waals surface area contributed by atoms with Gasteiger partial charge in [0, 0.05) is 43.9 Å². The number of nitrogens with zero attached hydrogens (tertiary/aromatic N) is 2. The van der Waals surface area contributed by atoms with Gasteiger partial charge in [0.1, 0.15) is 6.17 Å². The van der Waals surface area contributed by atoms with Gasteiger partial charge < -0.3 is 20.1 Å². The van der Waals surface area contributed by atoms with Crippen LogP contribution in [0.15, 0.2) is 24.5 Å². The standard InChI is InChI=1S/C19H24FN3O3.C2HF3O2/c20-15-4-13(5-15)19(25)23-10-14-6-16(26-17(14)11-23)7-18(24)22-9-12-2-1-3-21-8-12;3-2(4,5)1(6)7/h1-3,8,13-17H,4-7,9-11H2,(H,22,24);(H,6,7)/t13?,14-,15?,16-,17+;/m0./s1. The van der Waals surface area contributed by atoms with Crippen molar-refractivity contribution in [3.05, 3.63) is 30.1 Å². The van der Waals surface area contributed by atoms with Gasteiger partial charge in [-0.05, 0) is 30.9 Å². The van der Waals surface area contributed by atoms with Crippen LogP contribution in [0.5, 0.6) is 0 Å². The highest BCUT2D eigenvalue weighted by atomic mass is 19.4. The number of nitrogens with one attached hydrogen (secondary N) is 1. The number of carbonyl (C=O) groups is 3. The van der Waals surface area contributed by atoms with E-state index in [0.29, 0.717) is 38.9 Å². The number of amides is 2. The zero-order valence-corrected chi connectivity index (χ0v) is 17.6. The predicted octanol–water partition coefficient (Wildman–Crippen LogP) is 2.09. The van der Waals surface area contributed by atoms with E-state index < -0.39 is 18.3 Å². The van der Waals surface area contributed by atoms with Crippen molar-refractivity contribution in [2.45, 2.75) is 56.8 Å². The number of hydrogen-bond donors (Lipinski definition) is 2. The highest BCUT2D eigenvalue weighted by molar-refractivity contribution is 5.80. The van der Waals surface area contributed by atoms with Crippen molar-refractivity contribution < 1.29 is 41.8 Å². The zero-order valence-electron chi connectivity index (χ0n) is 17.6. The number of carbonyl (C=O) groups excluding carboxylic acids is 2. The Balaban J connectivity index is 0.000000383. The molecule has 1 aliphatic carbocycles. The van der Waals surface area contributed by atoms with Crippen LogP contribution in [0.1, 0.15) is 31.2 Å². The summed E-state index contributed by atoms with van der Waals surface area (Å²) >= 11 is 0. The molecule has 2 N–H and O–H groups in total. The normalized spacial score (nSPS) is 28.2. The minimum atomic E-state index is -5.08. The topological polar surface area (TPSA) is 109 Å². The van der Waals surface area contributed by atoms with Gasteiger partial charge in [0.2, 0.25) is 11.8 Å². The van der Waals surface area contributed by atoms with Crippen LogP contribution in [0.2, 0.25) is 0 Å². The lowest BCUT2D eigenvalue weighted by Crippen LogP contribution is -2.42. The lowest BCUT2D eigenvalue weighted by molar-refractivity contribution is -0.192. The van der Waals surface area contributed by atoms with Crippen molar-refractivity contribution in [3.8, 4) is 0 Å². The van der Waals surface area contributed by atoms with Gasteiger partial charge in [-0.1, -0.05) is 6.07 Å². The van der Waals surface area contributed by atoms with Crippen LogP contribution in [0.25, 0.3) is 0 Å². The Morgan fingerprint density at radius 1 is 1.21 bits per heavy atom. The molecule has 1 aromatic heterocycles. The van der Waals surface area contributed by atoms with Crippen molar-refractivity contribution in [2.75, 3.05) is 13.1 Å². The average Bonchev–Trinajstić information content (AvgIpc) is 3.28. The third kappa shape index (κ3) is 6.86. The first kappa shape index (κ1) is 24.9. The summed E-state index contributed by atoms with van der Waals surface area (Å²) in [6.07, 6.45) is -0.668. The summed E-state index contributed by atoms with van der Waals surface area (Å²) in [6, 6.07) is 3.76. The number of alkyl halides is 4. The lowest BCUT2D eigenvalue weighted by atomic mass is 9.82. The van der Waals surface area contributed by atoms with Crippen LogP contribution in [0, 0.1) is 11.8 Å². The SMILES string of the molecule is O=C(C[C@@H]1C[C@H]2CN(C(=O)C3CC(F)C3)C[C@H]2O1)NCc1cccnc1.O=C(O)C(F)(F)F. The summed E-state index contributed by atoms with van der Waals surface area (Å²) in [7, 11) is 0. The fraction of sp³-hybridized carbons (Fsp3) is 0.619. The Hall–Kier alpha value is -2.76. The molecule has 0 spiro atoms. The van der Waals surface area contributed by atoms with E-state index in [1.807, 2.05) is 17.0 Å². The molecule has 3 heterocycles. The molecule has 3 aliphatic rings. The first-order valence-corrected chi connectivity index (χ1v) is 10.6. The molecule has 0 radical (unpaired) electrons. The number of rotatable bonds is 5. The molecule has 12 heteroatoms. The maximum absolute atomic E-state index is 13.0. The number of hydrogen-bond acceptors (Lipinski definition) is 5. The largest absolute Gasteiger partial charge is 0.490 e. The average molecular weight is 475 g/mol. The predicted molar refractivity (Wildman–Crippen MR) is 105 cm³/mol. The summed E-state index contributed by atoms with van der Waals surface area (Å²) in [5.41, 5.74) is 0.964. The molecule has 1 saturated carbocycles. The molecule has 2 aliphatic heterocycles. The molecular weight excluding hydrogens is 450 g/mol. The Labute approximate surface area is 187 Å². The quantitative estimate of drug-likeness (QED) is 0.632. The number of aliphatic carboxylic acids is 1. The first-order chi connectivity index (χ1) is 15.5. The molecule has 0 bridgehead atoms. The van der Waals surface area contributed by atoms with Crippen LogP contribution in [-0.2, 0) is 25.7 Å². The van der Waals surface area contributed by atoms with E-state index in [2.05, 4.69) is 10.3 Å². The van der Waals surface area contributed by atoms with Gasteiger partial charge in [0.15, 0.2) is 0 Å². The molecule has 4 rings (SSSR count). The van der Waals surface area contributed by atoms with Crippen molar-refractivity contribution in [3.63, 3.8) is 0 Å². The summed E-state index contributed by atoms with van der Waals surface area (Å²) in [5, 5.41) is 10.0. The van der Waals surface area contributed by atoms with Crippen LogP contribution in [0.3, 0.4) is 0 Å². The number of pyridine rings is 1. The third-order valence-electron chi connectivity index (χ3n) is 5.92. The summed E-state index contributed by atoms with van der Waals surface area (Å²) in [5.74, 6) is -2.57. The van der Waals surface area contributed by atoms with Crippen molar-refractivity contribution in [1.29, 1.82) is 0 Å². The lowest BCUT2D eigenvalue weighted by Gasteiger charge is -2.32. The van der Waals surface area contributed by atoms with Crippen LogP contribution in [-0.4, -0.2) is 70.4 Å². The first-order valence-electron chi connectivity index (χ1n) is 10.6. The Morgan fingerprint density at radius 3 is 2.45 bits per heavy atom. The summed E-state index contributed by atoms with van der Waals surface area (Å²) in [4.78, 5) is 39.2. The third-order valence-corrected chi connectivity index (χ3v) is 5.92. The van der Waals surface area contributed by atoms with Crippen molar-refractivity contribution in [2.24, 2.45) is 11.8 Å². The molecule has 1 aromatic rings. The van der Waals surface area contributed by atoms with E-state index >= 15 is 0 Å². The fourth-order valence-electron chi connectivity index (χ4n) is 4.16. The molecule has 33 heavy (non-hydrogen) atoms. The molecule has 0 unspecified atom stereocenters. The number of fused-ring (bicyclic) bond motifs is 1. The van der Waals surface area contributed by atoms with Gasteiger partial charge in [0.25, 0.3) is 0 Å². The van der Waals surface area contributed by atoms with E-state index in [0.717, 1.165) is 12.0 Å². The Morgan fingerprint density at radius 2 is 1.91 bits per heavy atom. The van der Waals surface area contributed by atoms with Crippen molar-refractivity contribution >= 4 is 17.8 Å². The molecule has 8 nitrogen and oxygen atoms in total. The van der Waals surface area contributed by atoms with E-state index in [1.54, 1.807) is 12.4 Å². The molecule has 3 atom stereocenters. The van der Waals surface area contributed by atoms with Crippen LogP contribution in [0.4, 0.5) is 17.6 Å². The van der Waals surface area contributed by atoms with Gasteiger partial charge in [-0.2, -0.15) is 13.2 Å². The number of ether oxygens (including phenoxy) is 1. The molecule has 2 saturated heterocycles. The number of likely N-dealkylation sites (tertiary alicyclic amines) is 1. The maximum Gasteiger partial charge on any atom is 0.490 e. The van der Waals surface area contributed by atoms with Gasteiger partial charge in [-0.15, -0.1) is 0 Å². The van der Waals surface area contributed by atoms with E-state index in [4.69, 9.17) is 14.6 Å². The monoisotopic (exact) mass is 475 g/mol. The zero-order chi connectivity index (χ0) is 24.2. The number of carboxylic acid groups (broad SMARTS) is 1. The van der Waals surface area contributed by atoms with E-state index in [-0.39, 0.29) is 35.9 Å². The van der Waals surface area contributed by atoms with Gasteiger partial charge in [-0.3, -0.25) is 14.6 Å². The second-order valence-corrected chi connectivity index (χ2v) is 8.45. The van der Waals surface area contributed by atoms with E-state index in [1.165, 1.54) is 0 Å².